The molecule has 17 heavy (non-hydrogen) atoms. The first-order valence-electron chi connectivity index (χ1n) is 7.16. The van der Waals surface area contributed by atoms with Crippen LogP contribution in [0.4, 0.5) is 4.79 Å². The van der Waals surface area contributed by atoms with Gasteiger partial charge < -0.3 is 9.64 Å². The minimum absolute atomic E-state index is 0.0651. The summed E-state index contributed by atoms with van der Waals surface area (Å²) in [5.41, 5.74) is -0.136. The van der Waals surface area contributed by atoms with Gasteiger partial charge in [0, 0.05) is 13.1 Å². The van der Waals surface area contributed by atoms with Crippen LogP contribution in [0.15, 0.2) is 0 Å². The van der Waals surface area contributed by atoms with Crippen molar-refractivity contribution in [1.82, 2.24) is 4.90 Å². The van der Waals surface area contributed by atoms with E-state index in [4.69, 9.17) is 4.74 Å². The van der Waals surface area contributed by atoms with Crippen LogP contribution in [0.2, 0.25) is 0 Å². The number of rotatable bonds is 3. The number of piperidine rings is 1. The summed E-state index contributed by atoms with van der Waals surface area (Å²) in [6.07, 6.45) is 7.86. The second-order valence-electron chi connectivity index (χ2n) is 5.64. The number of amides is 1. The standard InChI is InChI=1S/C14H25NO2/c1-3-12(2)14(8-7-9-14)17-13(16)15-10-5-4-6-11-15/h12H,3-11H2,1-2H3. The molecule has 0 N–H and O–H groups in total. The van der Waals surface area contributed by atoms with Gasteiger partial charge in [-0.3, -0.25) is 0 Å². The van der Waals surface area contributed by atoms with Crippen LogP contribution in [0.1, 0.15) is 58.8 Å². The zero-order valence-corrected chi connectivity index (χ0v) is 11.2. The van der Waals surface area contributed by atoms with Gasteiger partial charge in [-0.25, -0.2) is 4.79 Å². The molecule has 3 heteroatoms. The van der Waals surface area contributed by atoms with Crippen molar-refractivity contribution in [2.75, 3.05) is 13.1 Å². The van der Waals surface area contributed by atoms with Crippen molar-refractivity contribution in [3.63, 3.8) is 0 Å². The third-order valence-electron chi connectivity index (χ3n) is 4.62. The largest absolute Gasteiger partial charge is 0.443 e. The highest BCUT2D eigenvalue weighted by Crippen LogP contribution is 2.43. The predicted molar refractivity (Wildman–Crippen MR) is 67.9 cm³/mol. The van der Waals surface area contributed by atoms with Crippen molar-refractivity contribution >= 4 is 6.09 Å². The Labute approximate surface area is 105 Å². The molecule has 0 spiro atoms. The van der Waals surface area contributed by atoms with Gasteiger partial charge in [-0.15, -0.1) is 0 Å². The lowest BCUT2D eigenvalue weighted by Crippen LogP contribution is -2.50. The van der Waals surface area contributed by atoms with E-state index in [0.717, 1.165) is 45.2 Å². The normalized spacial score (nSPS) is 24.9. The van der Waals surface area contributed by atoms with Gasteiger partial charge in [0.1, 0.15) is 5.60 Å². The zero-order valence-electron chi connectivity index (χ0n) is 11.2. The summed E-state index contributed by atoms with van der Waals surface area (Å²) < 4.78 is 5.85. The van der Waals surface area contributed by atoms with Gasteiger partial charge in [-0.2, -0.15) is 0 Å². The van der Waals surface area contributed by atoms with Crippen LogP contribution in [0.3, 0.4) is 0 Å². The van der Waals surface area contributed by atoms with E-state index in [1.54, 1.807) is 0 Å². The van der Waals surface area contributed by atoms with E-state index in [-0.39, 0.29) is 11.7 Å². The van der Waals surface area contributed by atoms with Gasteiger partial charge in [0.25, 0.3) is 0 Å². The molecule has 0 aromatic carbocycles. The fourth-order valence-electron chi connectivity index (χ4n) is 2.91. The van der Waals surface area contributed by atoms with Crippen molar-refractivity contribution in [2.45, 2.75) is 64.4 Å². The maximum atomic E-state index is 12.1. The Morgan fingerprint density at radius 2 is 1.88 bits per heavy atom. The Bertz CT molecular complexity index is 267. The molecule has 2 aliphatic rings. The van der Waals surface area contributed by atoms with Crippen LogP contribution in [-0.2, 0) is 4.74 Å². The van der Waals surface area contributed by atoms with E-state index < -0.39 is 0 Å². The van der Waals surface area contributed by atoms with Gasteiger partial charge in [0.05, 0.1) is 0 Å². The zero-order chi connectivity index (χ0) is 12.3. The predicted octanol–water partition coefficient (Wildman–Crippen LogP) is 3.58. The lowest BCUT2D eigenvalue weighted by atomic mass is 9.70. The first-order chi connectivity index (χ1) is 8.18. The molecule has 0 aromatic heterocycles. The number of hydrogen-bond acceptors (Lipinski definition) is 2. The summed E-state index contributed by atoms with van der Waals surface area (Å²) in [6, 6.07) is 0. The highest BCUT2D eigenvalue weighted by Gasteiger charge is 2.45. The van der Waals surface area contributed by atoms with Crippen LogP contribution in [0, 0.1) is 5.92 Å². The summed E-state index contributed by atoms with van der Waals surface area (Å²) >= 11 is 0. The second kappa shape index (κ2) is 5.28. The molecule has 98 valence electrons. The molecule has 1 aliphatic carbocycles. The van der Waals surface area contributed by atoms with E-state index in [1.165, 1.54) is 12.8 Å². The van der Waals surface area contributed by atoms with Crippen LogP contribution in [-0.4, -0.2) is 29.7 Å². The molecule has 0 radical (unpaired) electrons. The fraction of sp³-hybridized carbons (Fsp3) is 0.929. The van der Waals surface area contributed by atoms with E-state index >= 15 is 0 Å². The summed E-state index contributed by atoms with van der Waals surface area (Å²) in [5.74, 6) is 0.491. The third-order valence-corrected chi connectivity index (χ3v) is 4.62. The quantitative estimate of drug-likeness (QED) is 0.753. The fourth-order valence-corrected chi connectivity index (χ4v) is 2.91. The molecule has 1 aliphatic heterocycles. The maximum Gasteiger partial charge on any atom is 0.410 e. The minimum Gasteiger partial charge on any atom is -0.443 e. The van der Waals surface area contributed by atoms with Gasteiger partial charge in [0.2, 0.25) is 0 Å². The Hall–Kier alpha value is -0.730. The van der Waals surface area contributed by atoms with E-state index in [9.17, 15) is 4.79 Å². The molecule has 1 amide bonds. The van der Waals surface area contributed by atoms with E-state index in [2.05, 4.69) is 13.8 Å². The van der Waals surface area contributed by atoms with Crippen molar-refractivity contribution in [2.24, 2.45) is 5.92 Å². The van der Waals surface area contributed by atoms with Crippen LogP contribution >= 0.6 is 0 Å². The van der Waals surface area contributed by atoms with Crippen molar-refractivity contribution in [3.8, 4) is 0 Å². The monoisotopic (exact) mass is 239 g/mol. The molecular formula is C14H25NO2. The molecule has 1 unspecified atom stereocenters. The first kappa shape index (κ1) is 12.7. The summed E-state index contributed by atoms with van der Waals surface area (Å²) in [5, 5.41) is 0. The average molecular weight is 239 g/mol. The second-order valence-corrected chi connectivity index (χ2v) is 5.64. The molecule has 1 heterocycles. The Balaban J connectivity index is 1.91. The van der Waals surface area contributed by atoms with Crippen LogP contribution in [0.5, 0.6) is 0 Å². The Kier molecular flexibility index (Phi) is 3.95. The lowest BCUT2D eigenvalue weighted by molar-refractivity contribution is -0.0985. The van der Waals surface area contributed by atoms with Crippen LogP contribution < -0.4 is 0 Å². The summed E-state index contributed by atoms with van der Waals surface area (Å²) in [6.45, 7) is 6.16. The Morgan fingerprint density at radius 3 is 2.35 bits per heavy atom. The number of carbonyl (C=O) groups excluding carboxylic acids is 1. The number of carbonyl (C=O) groups is 1. The number of nitrogens with zero attached hydrogens (tertiary/aromatic N) is 1. The SMILES string of the molecule is CCC(C)C1(OC(=O)N2CCCCC2)CCC1. The number of ether oxygens (including phenoxy) is 1. The number of hydrogen-bond donors (Lipinski definition) is 0. The molecule has 2 rings (SSSR count). The van der Waals surface area contributed by atoms with Gasteiger partial charge >= 0.3 is 6.09 Å². The Morgan fingerprint density at radius 1 is 1.24 bits per heavy atom. The molecular weight excluding hydrogens is 214 g/mol. The highest BCUT2D eigenvalue weighted by molar-refractivity contribution is 5.68. The summed E-state index contributed by atoms with van der Waals surface area (Å²) in [7, 11) is 0. The van der Waals surface area contributed by atoms with Crippen molar-refractivity contribution in [1.29, 1.82) is 0 Å². The molecule has 3 nitrogen and oxygen atoms in total. The lowest BCUT2D eigenvalue weighted by Gasteiger charge is -2.46. The highest BCUT2D eigenvalue weighted by atomic mass is 16.6. The molecule has 0 bridgehead atoms. The topological polar surface area (TPSA) is 29.5 Å². The van der Waals surface area contributed by atoms with Gasteiger partial charge in [0.15, 0.2) is 0 Å². The van der Waals surface area contributed by atoms with Crippen molar-refractivity contribution < 1.29 is 9.53 Å². The minimum atomic E-state index is -0.136. The molecule has 1 saturated carbocycles. The molecule has 0 aromatic rings. The molecule has 1 saturated heterocycles. The van der Waals surface area contributed by atoms with Crippen molar-refractivity contribution in [3.05, 3.63) is 0 Å². The summed E-state index contributed by atoms with van der Waals surface area (Å²) in [4.78, 5) is 14.0. The average Bonchev–Trinajstić information content (AvgIpc) is 2.33. The molecule has 2 fully saturated rings. The van der Waals surface area contributed by atoms with E-state index in [1.807, 2.05) is 4.90 Å². The van der Waals surface area contributed by atoms with Crippen LogP contribution in [0.25, 0.3) is 0 Å². The van der Waals surface area contributed by atoms with Gasteiger partial charge in [-0.05, 0) is 50.9 Å². The smallest absolute Gasteiger partial charge is 0.410 e. The van der Waals surface area contributed by atoms with E-state index in [0.29, 0.717) is 5.92 Å². The maximum absolute atomic E-state index is 12.1. The first-order valence-corrected chi connectivity index (χ1v) is 7.16. The molecule has 1 atom stereocenters. The van der Waals surface area contributed by atoms with Gasteiger partial charge in [-0.1, -0.05) is 13.8 Å². The number of likely N-dealkylation sites (tertiary alicyclic amines) is 1. The third kappa shape index (κ3) is 2.58.